The first-order valence-electron chi connectivity index (χ1n) is 10.4. The zero-order chi connectivity index (χ0) is 21.2. The van der Waals surface area contributed by atoms with Crippen LogP contribution < -0.4 is 0 Å². The van der Waals surface area contributed by atoms with Crippen LogP contribution >= 0.6 is 23.1 Å². The van der Waals surface area contributed by atoms with E-state index in [4.69, 9.17) is 4.98 Å². The van der Waals surface area contributed by atoms with Crippen molar-refractivity contribution in [1.82, 2.24) is 24.6 Å². The molecule has 0 atom stereocenters. The van der Waals surface area contributed by atoms with Crippen molar-refractivity contribution in [2.45, 2.75) is 30.8 Å². The van der Waals surface area contributed by atoms with Gasteiger partial charge >= 0.3 is 0 Å². The number of para-hydroxylation sites is 2. The van der Waals surface area contributed by atoms with Gasteiger partial charge in [-0.3, -0.25) is 9.36 Å². The number of hydrogen-bond acceptors (Lipinski definition) is 6. The van der Waals surface area contributed by atoms with Crippen LogP contribution in [0.2, 0.25) is 0 Å². The van der Waals surface area contributed by atoms with Gasteiger partial charge in [-0.15, -0.1) is 21.5 Å². The Bertz CT molecular complexity index is 1160. The van der Waals surface area contributed by atoms with Crippen LogP contribution in [0, 0.1) is 6.92 Å². The normalized spacial score (nSPS) is 14.9. The third kappa shape index (κ3) is 4.22. The van der Waals surface area contributed by atoms with E-state index in [2.05, 4.69) is 28.4 Å². The summed E-state index contributed by atoms with van der Waals surface area (Å²) < 4.78 is 3.24. The Kier molecular flexibility index (Phi) is 5.74. The summed E-state index contributed by atoms with van der Waals surface area (Å²) in [7, 11) is 0. The molecule has 1 saturated heterocycles. The van der Waals surface area contributed by atoms with Gasteiger partial charge in [0.25, 0.3) is 0 Å². The van der Waals surface area contributed by atoms with Crippen molar-refractivity contribution in [3.63, 3.8) is 0 Å². The number of amides is 1. The molecule has 0 unspecified atom stereocenters. The smallest absolute Gasteiger partial charge is 0.233 e. The van der Waals surface area contributed by atoms with Crippen LogP contribution in [-0.2, 0) is 4.79 Å². The first kappa shape index (κ1) is 20.2. The van der Waals surface area contributed by atoms with Gasteiger partial charge in [-0.25, -0.2) is 4.98 Å². The van der Waals surface area contributed by atoms with E-state index in [9.17, 15) is 4.79 Å². The van der Waals surface area contributed by atoms with Gasteiger partial charge in [0.1, 0.15) is 5.82 Å². The number of carbonyl (C=O) groups is 1. The lowest BCUT2D eigenvalue weighted by molar-refractivity contribution is -0.129. The van der Waals surface area contributed by atoms with E-state index in [1.165, 1.54) is 21.5 Å². The lowest BCUT2D eigenvalue weighted by Gasteiger charge is -2.31. The zero-order valence-corrected chi connectivity index (χ0v) is 18.9. The summed E-state index contributed by atoms with van der Waals surface area (Å²) in [5, 5.41) is 10.4. The molecule has 2 aromatic heterocycles. The monoisotopic (exact) mass is 449 g/mol. The number of aromatic nitrogens is 4. The number of piperidine rings is 1. The van der Waals surface area contributed by atoms with Crippen molar-refractivity contribution in [2.75, 3.05) is 18.8 Å². The van der Waals surface area contributed by atoms with E-state index >= 15 is 0 Å². The second-order valence-corrected chi connectivity index (χ2v) is 9.67. The molecule has 1 aliphatic rings. The van der Waals surface area contributed by atoms with Crippen molar-refractivity contribution < 1.29 is 4.79 Å². The molecule has 3 heterocycles. The van der Waals surface area contributed by atoms with Crippen LogP contribution in [0.15, 0.2) is 59.8 Å². The molecule has 1 fully saturated rings. The maximum absolute atomic E-state index is 12.8. The molecule has 158 valence electrons. The van der Waals surface area contributed by atoms with Gasteiger partial charge in [0.15, 0.2) is 5.16 Å². The first-order chi connectivity index (χ1) is 15.2. The lowest BCUT2D eigenvalue weighted by Crippen LogP contribution is -2.39. The molecule has 1 aliphatic heterocycles. The number of aryl methyl sites for hydroxylation is 1. The van der Waals surface area contributed by atoms with Gasteiger partial charge in [-0.1, -0.05) is 42.1 Å². The predicted molar refractivity (Wildman–Crippen MR) is 125 cm³/mol. The molecular weight excluding hydrogens is 426 g/mol. The third-order valence-electron chi connectivity index (χ3n) is 5.64. The van der Waals surface area contributed by atoms with E-state index < -0.39 is 0 Å². The molecule has 8 heteroatoms. The summed E-state index contributed by atoms with van der Waals surface area (Å²) in [6.45, 7) is 3.49. The van der Waals surface area contributed by atoms with Crippen molar-refractivity contribution in [3.05, 3.63) is 65.4 Å². The Morgan fingerprint density at radius 1 is 1.06 bits per heavy atom. The number of hydrogen-bond donors (Lipinski definition) is 0. The summed E-state index contributed by atoms with van der Waals surface area (Å²) >= 11 is 3.24. The number of thioether (sulfide) groups is 1. The number of likely N-dealkylation sites (tertiary alicyclic amines) is 1. The Balaban J connectivity index is 1.19. The number of nitrogens with zero attached hydrogens (tertiary/aromatic N) is 5. The first-order valence-corrected chi connectivity index (χ1v) is 12.2. The minimum absolute atomic E-state index is 0.160. The predicted octanol–water partition coefficient (Wildman–Crippen LogP) is 4.68. The summed E-state index contributed by atoms with van der Waals surface area (Å²) in [5.74, 6) is 1.79. The molecular formula is C23H23N5OS2. The molecule has 0 aliphatic carbocycles. The number of benzene rings is 2. The minimum atomic E-state index is 0.160. The summed E-state index contributed by atoms with van der Waals surface area (Å²) in [6.07, 6.45) is 1.94. The van der Waals surface area contributed by atoms with Crippen LogP contribution in [-0.4, -0.2) is 49.4 Å². The van der Waals surface area contributed by atoms with Crippen LogP contribution in [0.1, 0.15) is 29.6 Å². The van der Waals surface area contributed by atoms with Gasteiger partial charge in [0, 0.05) is 24.7 Å². The highest BCUT2D eigenvalue weighted by Crippen LogP contribution is 2.34. The average Bonchev–Trinajstić information content (AvgIpc) is 3.41. The van der Waals surface area contributed by atoms with Crippen LogP contribution in [0.5, 0.6) is 0 Å². The summed E-state index contributed by atoms with van der Waals surface area (Å²) in [5.41, 5.74) is 2.09. The quantitative estimate of drug-likeness (QED) is 0.414. The van der Waals surface area contributed by atoms with Crippen LogP contribution in [0.25, 0.3) is 15.9 Å². The highest BCUT2D eigenvalue weighted by molar-refractivity contribution is 7.99. The second kappa shape index (κ2) is 8.80. The van der Waals surface area contributed by atoms with Gasteiger partial charge < -0.3 is 4.90 Å². The third-order valence-corrected chi connectivity index (χ3v) is 7.75. The van der Waals surface area contributed by atoms with Crippen LogP contribution in [0.3, 0.4) is 0 Å². The number of rotatable bonds is 5. The SMILES string of the molecule is Cc1nnc(SCC(=O)N2CCC(c3nc4ccccc4s3)CC2)n1-c1ccccc1. The maximum atomic E-state index is 12.8. The van der Waals surface area contributed by atoms with Crippen LogP contribution in [0.4, 0.5) is 0 Å². The number of thiazole rings is 1. The standard InChI is InChI=1S/C23H23N5OS2/c1-16-25-26-23(28(16)18-7-3-2-4-8-18)30-15-21(29)27-13-11-17(12-14-27)22-24-19-9-5-6-10-20(19)31-22/h2-10,17H,11-15H2,1H3. The van der Waals surface area contributed by atoms with E-state index in [0.29, 0.717) is 11.7 Å². The number of carbonyl (C=O) groups excluding carboxylic acids is 1. The van der Waals surface area contributed by atoms with E-state index in [1.807, 2.05) is 52.8 Å². The Morgan fingerprint density at radius 2 is 1.81 bits per heavy atom. The summed E-state index contributed by atoms with van der Waals surface area (Å²) in [6, 6.07) is 18.3. The largest absolute Gasteiger partial charge is 0.342 e. The fourth-order valence-corrected chi connectivity index (χ4v) is 6.01. The highest BCUT2D eigenvalue weighted by atomic mass is 32.2. The van der Waals surface area contributed by atoms with Crippen molar-refractivity contribution in [2.24, 2.45) is 0 Å². The van der Waals surface area contributed by atoms with Crippen molar-refractivity contribution in [3.8, 4) is 5.69 Å². The Hall–Kier alpha value is -2.71. The fourth-order valence-electron chi connectivity index (χ4n) is 3.97. The molecule has 0 bridgehead atoms. The second-order valence-electron chi connectivity index (χ2n) is 7.66. The molecule has 6 nitrogen and oxygen atoms in total. The molecule has 0 saturated carbocycles. The van der Waals surface area contributed by atoms with Crippen molar-refractivity contribution >= 4 is 39.2 Å². The molecule has 0 radical (unpaired) electrons. The molecule has 4 aromatic rings. The molecule has 1 amide bonds. The maximum Gasteiger partial charge on any atom is 0.233 e. The topological polar surface area (TPSA) is 63.9 Å². The van der Waals surface area contributed by atoms with Gasteiger partial charge in [-0.05, 0) is 44.0 Å². The van der Waals surface area contributed by atoms with Crippen molar-refractivity contribution in [1.29, 1.82) is 0 Å². The number of fused-ring (bicyclic) bond motifs is 1. The highest BCUT2D eigenvalue weighted by Gasteiger charge is 2.26. The van der Waals surface area contributed by atoms with Gasteiger partial charge in [0.2, 0.25) is 5.91 Å². The average molecular weight is 450 g/mol. The Labute approximate surface area is 189 Å². The van der Waals surface area contributed by atoms with E-state index in [0.717, 1.165) is 48.1 Å². The fraction of sp³-hybridized carbons (Fsp3) is 0.304. The molecule has 0 N–H and O–H groups in total. The minimum Gasteiger partial charge on any atom is -0.342 e. The lowest BCUT2D eigenvalue weighted by atomic mass is 9.97. The van der Waals surface area contributed by atoms with Gasteiger partial charge in [-0.2, -0.15) is 0 Å². The molecule has 31 heavy (non-hydrogen) atoms. The molecule has 2 aromatic carbocycles. The zero-order valence-electron chi connectivity index (χ0n) is 17.3. The Morgan fingerprint density at radius 3 is 2.58 bits per heavy atom. The molecule has 5 rings (SSSR count). The van der Waals surface area contributed by atoms with Gasteiger partial charge in [0.05, 0.1) is 21.0 Å². The van der Waals surface area contributed by atoms with E-state index in [1.54, 1.807) is 11.3 Å². The summed E-state index contributed by atoms with van der Waals surface area (Å²) in [4.78, 5) is 19.6. The molecule has 0 spiro atoms. The van der Waals surface area contributed by atoms with E-state index in [-0.39, 0.29) is 5.91 Å².